The largest absolute Gasteiger partial charge is 0.353 e. The topological polar surface area (TPSA) is 74.3 Å². The van der Waals surface area contributed by atoms with Crippen molar-refractivity contribution in [2.24, 2.45) is 0 Å². The fraction of sp³-hybridized carbons (Fsp3) is 0.292. The Bertz CT molecular complexity index is 1070. The van der Waals surface area contributed by atoms with Gasteiger partial charge in [0.15, 0.2) is 0 Å². The molecule has 1 atom stereocenters. The highest BCUT2D eigenvalue weighted by atomic mass is 16.2. The molecule has 154 valence electrons. The SMILES string of the molecule is Cc1cccc(CNC(=O)C[C@H]2C(=O)NCCN2Cc2ccc3ccccc3c2)n1. The number of rotatable bonds is 6. The molecule has 1 fully saturated rings. The van der Waals surface area contributed by atoms with E-state index < -0.39 is 6.04 Å². The van der Waals surface area contributed by atoms with E-state index in [0.717, 1.165) is 23.5 Å². The van der Waals surface area contributed by atoms with Gasteiger partial charge >= 0.3 is 0 Å². The van der Waals surface area contributed by atoms with Gasteiger partial charge in [0.1, 0.15) is 0 Å². The smallest absolute Gasteiger partial charge is 0.237 e. The summed E-state index contributed by atoms with van der Waals surface area (Å²) in [5, 5.41) is 8.16. The number of benzene rings is 2. The lowest BCUT2D eigenvalue weighted by Crippen LogP contribution is -2.56. The molecule has 30 heavy (non-hydrogen) atoms. The van der Waals surface area contributed by atoms with Crippen LogP contribution in [0.5, 0.6) is 0 Å². The summed E-state index contributed by atoms with van der Waals surface area (Å²) in [7, 11) is 0. The molecule has 1 aliphatic rings. The highest BCUT2D eigenvalue weighted by Gasteiger charge is 2.31. The zero-order chi connectivity index (χ0) is 20.9. The van der Waals surface area contributed by atoms with Gasteiger partial charge in [-0.3, -0.25) is 19.5 Å². The third-order valence-electron chi connectivity index (χ3n) is 5.43. The quantitative estimate of drug-likeness (QED) is 0.665. The summed E-state index contributed by atoms with van der Waals surface area (Å²) in [4.78, 5) is 31.5. The molecule has 0 bridgehead atoms. The van der Waals surface area contributed by atoms with Gasteiger partial charge in [-0.15, -0.1) is 0 Å². The number of nitrogens with one attached hydrogen (secondary N) is 2. The molecule has 4 rings (SSSR count). The Morgan fingerprint density at radius 3 is 2.80 bits per heavy atom. The normalized spacial score (nSPS) is 17.0. The zero-order valence-corrected chi connectivity index (χ0v) is 17.1. The lowest BCUT2D eigenvalue weighted by molar-refractivity contribution is -0.134. The first kappa shape index (κ1) is 20.0. The Hall–Kier alpha value is -3.25. The van der Waals surface area contributed by atoms with Crippen molar-refractivity contribution in [3.8, 4) is 0 Å². The average Bonchev–Trinajstić information content (AvgIpc) is 2.75. The third kappa shape index (κ3) is 4.83. The van der Waals surface area contributed by atoms with Crippen LogP contribution < -0.4 is 10.6 Å². The molecule has 2 amide bonds. The van der Waals surface area contributed by atoms with Crippen LogP contribution in [0.1, 0.15) is 23.4 Å². The fourth-order valence-corrected chi connectivity index (χ4v) is 3.88. The first-order valence-corrected chi connectivity index (χ1v) is 10.3. The molecule has 6 heteroatoms. The maximum Gasteiger partial charge on any atom is 0.237 e. The van der Waals surface area contributed by atoms with Gasteiger partial charge in [0.05, 0.1) is 24.7 Å². The van der Waals surface area contributed by atoms with Crippen molar-refractivity contribution in [1.82, 2.24) is 20.5 Å². The van der Waals surface area contributed by atoms with E-state index in [4.69, 9.17) is 0 Å². The molecule has 2 heterocycles. The predicted molar refractivity (Wildman–Crippen MR) is 117 cm³/mol. The summed E-state index contributed by atoms with van der Waals surface area (Å²) in [6.45, 7) is 4.23. The highest BCUT2D eigenvalue weighted by molar-refractivity contribution is 5.89. The van der Waals surface area contributed by atoms with Crippen LogP contribution in [0.25, 0.3) is 10.8 Å². The van der Waals surface area contributed by atoms with Gasteiger partial charge in [-0.05, 0) is 41.5 Å². The van der Waals surface area contributed by atoms with Crippen molar-refractivity contribution >= 4 is 22.6 Å². The molecule has 2 aromatic carbocycles. The van der Waals surface area contributed by atoms with Crippen molar-refractivity contribution in [1.29, 1.82) is 0 Å². The van der Waals surface area contributed by atoms with Crippen LogP contribution in [0.15, 0.2) is 60.7 Å². The molecule has 2 N–H and O–H groups in total. The Balaban J connectivity index is 1.41. The summed E-state index contributed by atoms with van der Waals surface area (Å²) < 4.78 is 0. The fourth-order valence-electron chi connectivity index (χ4n) is 3.88. The minimum atomic E-state index is -0.476. The van der Waals surface area contributed by atoms with E-state index in [1.54, 1.807) is 0 Å². The summed E-state index contributed by atoms with van der Waals surface area (Å²) >= 11 is 0. The number of nitrogens with zero attached hydrogens (tertiary/aromatic N) is 2. The van der Waals surface area contributed by atoms with E-state index in [1.807, 2.05) is 37.3 Å². The maximum absolute atomic E-state index is 12.5. The lowest BCUT2D eigenvalue weighted by Gasteiger charge is -2.34. The number of fused-ring (bicyclic) bond motifs is 1. The Labute approximate surface area is 176 Å². The molecule has 0 spiro atoms. The monoisotopic (exact) mass is 402 g/mol. The van der Waals surface area contributed by atoms with Gasteiger partial charge in [-0.1, -0.05) is 42.5 Å². The number of carbonyl (C=O) groups is 2. The third-order valence-corrected chi connectivity index (χ3v) is 5.43. The summed E-state index contributed by atoms with van der Waals surface area (Å²) in [6.07, 6.45) is 0.130. The molecular formula is C24H26N4O2. The van der Waals surface area contributed by atoms with Crippen molar-refractivity contribution in [2.45, 2.75) is 32.5 Å². The number of pyridine rings is 1. The van der Waals surface area contributed by atoms with Gasteiger partial charge in [0, 0.05) is 25.3 Å². The standard InChI is InChI=1S/C24H26N4O2/c1-17-5-4-8-21(27-17)15-26-23(29)14-22-24(30)25-11-12-28(22)16-18-9-10-19-6-2-3-7-20(19)13-18/h2-10,13,22H,11-12,14-16H2,1H3,(H,25,30)(H,26,29)/t22-/m0/s1. The Morgan fingerprint density at radius 2 is 1.97 bits per heavy atom. The van der Waals surface area contributed by atoms with Crippen molar-refractivity contribution in [3.05, 3.63) is 77.6 Å². The Morgan fingerprint density at radius 1 is 1.13 bits per heavy atom. The molecule has 1 aliphatic heterocycles. The van der Waals surface area contributed by atoms with Gasteiger partial charge < -0.3 is 10.6 Å². The second-order valence-corrected chi connectivity index (χ2v) is 7.71. The van der Waals surface area contributed by atoms with Crippen LogP contribution in [0.2, 0.25) is 0 Å². The van der Waals surface area contributed by atoms with Crippen molar-refractivity contribution < 1.29 is 9.59 Å². The van der Waals surface area contributed by atoms with Crippen LogP contribution in [0.4, 0.5) is 0 Å². The molecule has 1 saturated heterocycles. The second-order valence-electron chi connectivity index (χ2n) is 7.71. The number of aryl methyl sites for hydroxylation is 1. The zero-order valence-electron chi connectivity index (χ0n) is 17.1. The highest BCUT2D eigenvalue weighted by Crippen LogP contribution is 2.19. The van der Waals surface area contributed by atoms with Crippen LogP contribution >= 0.6 is 0 Å². The summed E-state index contributed by atoms with van der Waals surface area (Å²) in [5.41, 5.74) is 2.86. The summed E-state index contributed by atoms with van der Waals surface area (Å²) in [6, 6.07) is 19.8. The van der Waals surface area contributed by atoms with Crippen molar-refractivity contribution in [2.75, 3.05) is 13.1 Å². The molecule has 0 radical (unpaired) electrons. The minimum absolute atomic E-state index is 0.0918. The predicted octanol–water partition coefficient (Wildman–Crippen LogP) is 2.55. The van der Waals surface area contributed by atoms with Gasteiger partial charge in [0.25, 0.3) is 0 Å². The van der Waals surface area contributed by atoms with Crippen LogP contribution in [-0.2, 0) is 22.7 Å². The van der Waals surface area contributed by atoms with Crippen LogP contribution in [0.3, 0.4) is 0 Å². The molecular weight excluding hydrogens is 376 g/mol. The number of amides is 2. The first-order valence-electron chi connectivity index (χ1n) is 10.3. The van der Waals surface area contributed by atoms with Gasteiger partial charge in [-0.2, -0.15) is 0 Å². The van der Waals surface area contributed by atoms with E-state index in [1.165, 1.54) is 10.8 Å². The van der Waals surface area contributed by atoms with E-state index in [2.05, 4.69) is 50.8 Å². The number of hydrogen-bond donors (Lipinski definition) is 2. The molecule has 0 unspecified atom stereocenters. The van der Waals surface area contributed by atoms with Crippen LogP contribution in [-0.4, -0.2) is 40.8 Å². The first-order chi connectivity index (χ1) is 14.6. The molecule has 0 saturated carbocycles. The van der Waals surface area contributed by atoms with Crippen LogP contribution in [0, 0.1) is 6.92 Å². The maximum atomic E-state index is 12.5. The summed E-state index contributed by atoms with van der Waals surface area (Å²) in [5.74, 6) is -0.241. The number of hydrogen-bond acceptors (Lipinski definition) is 4. The average molecular weight is 402 g/mol. The van der Waals surface area contributed by atoms with E-state index in [-0.39, 0.29) is 18.2 Å². The Kier molecular flexibility index (Phi) is 6.05. The molecule has 0 aliphatic carbocycles. The number of carbonyl (C=O) groups excluding carboxylic acids is 2. The van der Waals surface area contributed by atoms with Gasteiger partial charge in [-0.25, -0.2) is 0 Å². The molecule has 1 aromatic heterocycles. The second kappa shape index (κ2) is 9.05. The number of piperazine rings is 1. The minimum Gasteiger partial charge on any atom is -0.353 e. The van der Waals surface area contributed by atoms with E-state index in [0.29, 0.717) is 19.6 Å². The molecule has 3 aromatic rings. The lowest BCUT2D eigenvalue weighted by atomic mass is 10.0. The van der Waals surface area contributed by atoms with Crippen molar-refractivity contribution in [3.63, 3.8) is 0 Å². The number of aromatic nitrogens is 1. The molecule has 6 nitrogen and oxygen atoms in total. The van der Waals surface area contributed by atoms with E-state index in [9.17, 15) is 9.59 Å². The van der Waals surface area contributed by atoms with Gasteiger partial charge in [0.2, 0.25) is 11.8 Å². The van der Waals surface area contributed by atoms with E-state index >= 15 is 0 Å².